The van der Waals surface area contributed by atoms with Crippen LogP contribution in [-0.2, 0) is 19.4 Å². The maximum absolute atomic E-state index is 2.55. The highest BCUT2D eigenvalue weighted by atomic mass is 15.0. The molecule has 0 aliphatic carbocycles. The van der Waals surface area contributed by atoms with Crippen LogP contribution in [0.3, 0.4) is 0 Å². The van der Waals surface area contributed by atoms with E-state index in [9.17, 15) is 0 Å². The Bertz CT molecular complexity index is 1030. The summed E-state index contributed by atoms with van der Waals surface area (Å²) in [6.07, 6.45) is 2.03. The minimum atomic E-state index is 0.897. The van der Waals surface area contributed by atoms with E-state index in [2.05, 4.69) is 109 Å². The van der Waals surface area contributed by atoms with Crippen molar-refractivity contribution >= 4 is 0 Å². The zero-order valence-corrected chi connectivity index (χ0v) is 16.7. The van der Waals surface area contributed by atoms with E-state index in [1.165, 1.54) is 39.2 Å². The largest absolute Gasteiger partial charge is 0.339 e. The molecular formula is C27H27N. The highest BCUT2D eigenvalue weighted by molar-refractivity contribution is 5.80. The third-order valence-electron chi connectivity index (χ3n) is 5.45. The van der Waals surface area contributed by atoms with E-state index in [1.54, 1.807) is 0 Å². The lowest BCUT2D eigenvalue weighted by atomic mass is 9.96. The first kappa shape index (κ1) is 18.3. The maximum Gasteiger partial charge on any atom is 0.0524 e. The number of hydrogen-bond acceptors (Lipinski definition) is 0. The van der Waals surface area contributed by atoms with E-state index >= 15 is 0 Å². The van der Waals surface area contributed by atoms with Crippen molar-refractivity contribution in [1.82, 2.24) is 4.57 Å². The molecule has 28 heavy (non-hydrogen) atoms. The Kier molecular flexibility index (Phi) is 5.43. The first-order valence-corrected chi connectivity index (χ1v) is 10.2. The zero-order valence-electron chi connectivity index (χ0n) is 16.7. The second-order valence-electron chi connectivity index (χ2n) is 7.16. The van der Waals surface area contributed by atoms with Crippen molar-refractivity contribution in [3.63, 3.8) is 0 Å². The molecular weight excluding hydrogens is 338 g/mol. The van der Waals surface area contributed by atoms with Gasteiger partial charge in [-0.3, -0.25) is 0 Å². The third-order valence-corrected chi connectivity index (χ3v) is 5.45. The average Bonchev–Trinajstić information content (AvgIpc) is 3.08. The van der Waals surface area contributed by atoms with Crippen LogP contribution in [0.5, 0.6) is 0 Å². The lowest BCUT2D eigenvalue weighted by Crippen LogP contribution is -2.06. The summed E-state index contributed by atoms with van der Waals surface area (Å²) >= 11 is 0. The highest BCUT2D eigenvalue weighted by Gasteiger charge is 2.22. The molecule has 0 saturated heterocycles. The molecule has 0 atom stereocenters. The fourth-order valence-corrected chi connectivity index (χ4v) is 4.25. The normalized spacial score (nSPS) is 10.9. The van der Waals surface area contributed by atoms with Crippen molar-refractivity contribution in [3.8, 4) is 22.4 Å². The maximum atomic E-state index is 2.55. The molecule has 140 valence electrons. The van der Waals surface area contributed by atoms with Gasteiger partial charge < -0.3 is 4.57 Å². The molecule has 1 nitrogen and oxygen atoms in total. The Labute approximate surface area is 168 Å². The molecule has 4 rings (SSSR count). The van der Waals surface area contributed by atoms with Gasteiger partial charge in [-0.15, -0.1) is 0 Å². The van der Waals surface area contributed by atoms with Gasteiger partial charge in [0, 0.05) is 17.8 Å². The Morgan fingerprint density at radius 2 is 1.14 bits per heavy atom. The van der Waals surface area contributed by atoms with Crippen LogP contribution in [0.15, 0.2) is 91.0 Å². The Hall–Kier alpha value is -3.06. The minimum absolute atomic E-state index is 0.897. The molecule has 0 bridgehead atoms. The van der Waals surface area contributed by atoms with Gasteiger partial charge in [-0.2, -0.15) is 0 Å². The predicted molar refractivity (Wildman–Crippen MR) is 120 cm³/mol. The molecule has 0 radical (unpaired) electrons. The van der Waals surface area contributed by atoms with E-state index in [-0.39, 0.29) is 0 Å². The molecule has 0 saturated carbocycles. The van der Waals surface area contributed by atoms with Crippen LogP contribution in [-0.4, -0.2) is 4.57 Å². The summed E-state index contributed by atoms with van der Waals surface area (Å²) in [5.41, 5.74) is 9.61. The average molecular weight is 366 g/mol. The van der Waals surface area contributed by atoms with Gasteiger partial charge in [-0.1, -0.05) is 105 Å². The van der Waals surface area contributed by atoms with Crippen LogP contribution in [0.25, 0.3) is 22.4 Å². The smallest absolute Gasteiger partial charge is 0.0524 e. The van der Waals surface area contributed by atoms with E-state index in [4.69, 9.17) is 0 Å². The van der Waals surface area contributed by atoms with E-state index < -0.39 is 0 Å². The summed E-state index contributed by atoms with van der Waals surface area (Å²) in [6, 6.07) is 32.5. The zero-order chi connectivity index (χ0) is 19.3. The van der Waals surface area contributed by atoms with Crippen LogP contribution in [0, 0.1) is 0 Å². The van der Waals surface area contributed by atoms with Crippen LogP contribution in [0.2, 0.25) is 0 Å². The van der Waals surface area contributed by atoms with Gasteiger partial charge in [0.2, 0.25) is 0 Å². The summed E-state index contributed by atoms with van der Waals surface area (Å²) in [5.74, 6) is 0. The minimum Gasteiger partial charge on any atom is -0.339 e. The Morgan fingerprint density at radius 1 is 0.607 bits per heavy atom. The molecule has 0 spiro atoms. The van der Waals surface area contributed by atoms with Crippen molar-refractivity contribution < 1.29 is 0 Å². The number of hydrogen-bond donors (Lipinski definition) is 0. The summed E-state index contributed by atoms with van der Waals surface area (Å²) < 4.78 is 2.55. The van der Waals surface area contributed by atoms with Gasteiger partial charge in [0.05, 0.1) is 5.69 Å². The van der Waals surface area contributed by atoms with Gasteiger partial charge in [0.1, 0.15) is 0 Å². The number of benzene rings is 3. The standard InChI is InChI=1S/C27H27N/c1-3-24-26(22-16-10-6-11-17-22)25(4-2)28(20-21-14-8-5-9-15-21)27(24)23-18-12-7-13-19-23/h5-19H,3-4,20H2,1-2H3. The SMILES string of the molecule is CCc1c(-c2ccccc2)c(CC)n(Cc2ccccc2)c1-c1ccccc1. The Balaban J connectivity index is 2.01. The predicted octanol–water partition coefficient (Wildman–Crippen LogP) is 7.00. The fourth-order valence-electron chi connectivity index (χ4n) is 4.25. The summed E-state index contributed by atoms with van der Waals surface area (Å²) in [7, 11) is 0. The van der Waals surface area contributed by atoms with Crippen molar-refractivity contribution in [2.75, 3.05) is 0 Å². The molecule has 1 heteroatoms. The van der Waals surface area contributed by atoms with Crippen molar-refractivity contribution in [2.24, 2.45) is 0 Å². The first-order chi connectivity index (χ1) is 13.8. The molecule has 1 heterocycles. The van der Waals surface area contributed by atoms with Gasteiger partial charge in [-0.05, 0) is 35.1 Å². The lowest BCUT2D eigenvalue weighted by Gasteiger charge is -2.14. The molecule has 0 aliphatic rings. The molecule has 0 amide bonds. The van der Waals surface area contributed by atoms with Gasteiger partial charge in [-0.25, -0.2) is 0 Å². The van der Waals surface area contributed by atoms with Crippen LogP contribution >= 0.6 is 0 Å². The molecule has 0 unspecified atom stereocenters. The molecule has 3 aromatic carbocycles. The first-order valence-electron chi connectivity index (χ1n) is 10.2. The topological polar surface area (TPSA) is 4.93 Å². The van der Waals surface area contributed by atoms with E-state index in [0.717, 1.165) is 19.4 Å². The highest BCUT2D eigenvalue weighted by Crippen LogP contribution is 2.39. The summed E-state index contributed by atoms with van der Waals surface area (Å²) in [5, 5.41) is 0. The van der Waals surface area contributed by atoms with Crippen LogP contribution < -0.4 is 0 Å². The van der Waals surface area contributed by atoms with E-state index in [0.29, 0.717) is 0 Å². The Morgan fingerprint density at radius 3 is 1.68 bits per heavy atom. The van der Waals surface area contributed by atoms with Crippen molar-refractivity contribution in [3.05, 3.63) is 108 Å². The summed E-state index contributed by atoms with van der Waals surface area (Å²) in [4.78, 5) is 0. The third kappa shape index (κ3) is 3.41. The quantitative estimate of drug-likeness (QED) is 0.347. The van der Waals surface area contributed by atoms with Gasteiger partial charge in [0.15, 0.2) is 0 Å². The fraction of sp³-hybridized carbons (Fsp3) is 0.185. The molecule has 0 fully saturated rings. The van der Waals surface area contributed by atoms with Crippen LogP contribution in [0.1, 0.15) is 30.7 Å². The van der Waals surface area contributed by atoms with E-state index in [1.807, 2.05) is 0 Å². The number of aromatic nitrogens is 1. The number of rotatable bonds is 6. The number of nitrogens with zero attached hydrogens (tertiary/aromatic N) is 1. The van der Waals surface area contributed by atoms with Crippen molar-refractivity contribution in [1.29, 1.82) is 0 Å². The molecule has 0 aliphatic heterocycles. The molecule has 0 N–H and O–H groups in total. The summed E-state index contributed by atoms with van der Waals surface area (Å²) in [6.45, 7) is 5.45. The molecule has 4 aromatic rings. The van der Waals surface area contributed by atoms with Gasteiger partial charge >= 0.3 is 0 Å². The monoisotopic (exact) mass is 365 g/mol. The lowest BCUT2D eigenvalue weighted by molar-refractivity contribution is 0.758. The second kappa shape index (κ2) is 8.31. The second-order valence-corrected chi connectivity index (χ2v) is 7.16. The van der Waals surface area contributed by atoms with Crippen molar-refractivity contribution in [2.45, 2.75) is 33.2 Å². The van der Waals surface area contributed by atoms with Crippen LogP contribution in [0.4, 0.5) is 0 Å². The molecule has 1 aromatic heterocycles. The van der Waals surface area contributed by atoms with Gasteiger partial charge in [0.25, 0.3) is 0 Å².